The van der Waals surface area contributed by atoms with Crippen molar-refractivity contribution >= 4 is 23.9 Å². The van der Waals surface area contributed by atoms with Gasteiger partial charge in [0, 0.05) is 24.4 Å². The molecule has 0 radical (unpaired) electrons. The minimum Gasteiger partial charge on any atom is -0.496 e. The summed E-state index contributed by atoms with van der Waals surface area (Å²) in [4.78, 5) is 55.8. The maximum Gasteiger partial charge on any atom is 0.348 e. The number of hydrogen-bond donors (Lipinski definition) is 3. The van der Waals surface area contributed by atoms with Crippen molar-refractivity contribution in [2.45, 2.75) is 26.7 Å². The van der Waals surface area contributed by atoms with Crippen LogP contribution in [0.3, 0.4) is 0 Å². The molecule has 0 spiro atoms. The number of methoxy groups -OCH3 is 3. The van der Waals surface area contributed by atoms with E-state index < -0.39 is 37.1 Å². The average Bonchev–Trinajstić information content (AvgIpc) is 3.29. The van der Waals surface area contributed by atoms with E-state index in [1.165, 1.54) is 88.2 Å². The number of carbonyl (C=O) groups is 4. The number of pyridine rings is 1. The largest absolute Gasteiger partial charge is 0.496 e. The Hall–Kier alpha value is -7.59. The highest BCUT2D eigenvalue weighted by molar-refractivity contribution is 5.96. The first-order valence-electron chi connectivity index (χ1n) is 18.4. The molecule has 0 aliphatic carbocycles. The molecule has 0 aliphatic rings. The minimum atomic E-state index is -0.789. The van der Waals surface area contributed by atoms with Crippen molar-refractivity contribution in [2.24, 2.45) is 0 Å². The summed E-state index contributed by atoms with van der Waals surface area (Å²) >= 11 is 0. The summed E-state index contributed by atoms with van der Waals surface area (Å²) in [7, 11) is 4.29. The smallest absolute Gasteiger partial charge is 0.348 e. The predicted molar refractivity (Wildman–Crippen MR) is 217 cm³/mol. The van der Waals surface area contributed by atoms with E-state index in [1.807, 2.05) is 6.07 Å². The lowest BCUT2D eigenvalue weighted by Crippen LogP contribution is -2.14. The van der Waals surface area contributed by atoms with Crippen molar-refractivity contribution in [3.8, 4) is 51.5 Å². The molecule has 1 aromatic heterocycles. The second-order valence-corrected chi connectivity index (χ2v) is 13.1. The molecule has 15 nitrogen and oxygen atoms in total. The van der Waals surface area contributed by atoms with Gasteiger partial charge in [0.2, 0.25) is 5.88 Å². The number of rotatable bonds is 15. The molecule has 61 heavy (non-hydrogen) atoms. The Morgan fingerprint density at radius 3 is 1.61 bits per heavy atom. The van der Waals surface area contributed by atoms with Crippen LogP contribution in [0.4, 0.5) is 0 Å². The van der Waals surface area contributed by atoms with Crippen molar-refractivity contribution < 1.29 is 67.7 Å². The summed E-state index contributed by atoms with van der Waals surface area (Å²) in [5.41, 5.74) is 3.62. The van der Waals surface area contributed by atoms with Gasteiger partial charge in [-0.2, -0.15) is 0 Å². The number of hydrogen-bond acceptors (Lipinski definition) is 15. The van der Waals surface area contributed by atoms with Gasteiger partial charge < -0.3 is 48.5 Å². The summed E-state index contributed by atoms with van der Waals surface area (Å²) in [5.74, 6) is -1.34. The van der Waals surface area contributed by atoms with Crippen molar-refractivity contribution in [1.82, 2.24) is 4.98 Å². The fraction of sp³-hybridized carbons (Fsp3) is 0.152. The van der Waals surface area contributed by atoms with Crippen molar-refractivity contribution in [3.63, 3.8) is 0 Å². The zero-order valence-corrected chi connectivity index (χ0v) is 33.3. The summed E-state index contributed by atoms with van der Waals surface area (Å²) in [6.45, 7) is 0.503. The average molecular weight is 830 g/mol. The van der Waals surface area contributed by atoms with E-state index >= 15 is 0 Å². The zero-order chi connectivity index (χ0) is 43.6. The predicted octanol–water partition coefficient (Wildman–Crippen LogP) is 6.44. The number of aliphatic hydroxyl groups excluding tert-OH is 3. The van der Waals surface area contributed by atoms with Crippen LogP contribution in [0.1, 0.15) is 63.7 Å². The van der Waals surface area contributed by atoms with E-state index in [0.29, 0.717) is 33.9 Å². The Labute approximate surface area is 349 Å². The normalized spacial score (nSPS) is 10.7. The highest BCUT2D eigenvalue weighted by Gasteiger charge is 2.22. The Kier molecular flexibility index (Phi) is 13.7. The number of esters is 4. The van der Waals surface area contributed by atoms with E-state index in [0.717, 1.165) is 11.1 Å². The van der Waals surface area contributed by atoms with Crippen LogP contribution in [0.15, 0.2) is 109 Å². The van der Waals surface area contributed by atoms with Crippen LogP contribution in [0.5, 0.6) is 40.4 Å². The molecule has 6 aromatic rings. The van der Waals surface area contributed by atoms with Gasteiger partial charge in [-0.25, -0.2) is 24.2 Å². The molecule has 15 heteroatoms. The number of ether oxygens (including phenoxy) is 7. The van der Waals surface area contributed by atoms with Crippen LogP contribution in [-0.2, 0) is 19.8 Å². The fourth-order valence-electron chi connectivity index (χ4n) is 6.06. The van der Waals surface area contributed by atoms with Gasteiger partial charge in [0.15, 0.2) is 11.5 Å². The third-order valence-corrected chi connectivity index (χ3v) is 9.33. The minimum absolute atomic E-state index is 0.0286. The Balaban J connectivity index is 1.03. The standard InChI is InChI=1S/C46H39NO14/c1-26-17-29(9-15-38(26)60-43(51)28-7-13-35(14-8-28)59-45(53)36-19-32(24-49)31(23-48)18-33(36)25-50)27-5-11-34(12-6-27)58-44(52)30-10-16-42(47-22-30)61-46(54)37-20-40(56-3)41(57-4)21-39(37)55-2/h5-22,48-50H,23-25H2,1-4H3. The highest BCUT2D eigenvalue weighted by Crippen LogP contribution is 2.35. The fourth-order valence-corrected chi connectivity index (χ4v) is 6.06. The van der Waals surface area contributed by atoms with Crippen LogP contribution in [0.2, 0.25) is 0 Å². The Bertz CT molecular complexity index is 2570. The van der Waals surface area contributed by atoms with Gasteiger partial charge in [0.25, 0.3) is 0 Å². The summed E-state index contributed by atoms with van der Waals surface area (Å²) in [6, 6.07) is 26.3. The number of aliphatic hydroxyl groups is 3. The van der Waals surface area contributed by atoms with Crippen LogP contribution < -0.4 is 33.2 Å². The van der Waals surface area contributed by atoms with Crippen molar-refractivity contribution in [3.05, 3.63) is 154 Å². The molecule has 0 bridgehead atoms. The second kappa shape index (κ2) is 19.4. The first kappa shape index (κ1) is 43.0. The first-order chi connectivity index (χ1) is 29.5. The van der Waals surface area contributed by atoms with Crippen LogP contribution in [0, 0.1) is 6.92 Å². The van der Waals surface area contributed by atoms with E-state index in [4.69, 9.17) is 33.2 Å². The van der Waals surface area contributed by atoms with E-state index in [2.05, 4.69) is 4.98 Å². The van der Waals surface area contributed by atoms with Crippen molar-refractivity contribution in [1.29, 1.82) is 0 Å². The van der Waals surface area contributed by atoms with Gasteiger partial charge in [-0.1, -0.05) is 18.2 Å². The quantitative estimate of drug-likeness (QED) is 0.0753. The van der Waals surface area contributed by atoms with Gasteiger partial charge in [-0.15, -0.1) is 0 Å². The zero-order valence-electron chi connectivity index (χ0n) is 33.3. The molecule has 0 atom stereocenters. The molecule has 0 aliphatic heterocycles. The van der Waals surface area contributed by atoms with E-state index in [9.17, 15) is 34.5 Å². The summed E-state index contributed by atoms with van der Waals surface area (Å²) < 4.78 is 37.8. The molecule has 0 amide bonds. The van der Waals surface area contributed by atoms with E-state index in [-0.39, 0.29) is 57.6 Å². The Morgan fingerprint density at radius 1 is 0.475 bits per heavy atom. The maximum absolute atomic E-state index is 13.0. The maximum atomic E-state index is 13.0. The van der Waals surface area contributed by atoms with Gasteiger partial charge in [-0.3, -0.25) is 0 Å². The van der Waals surface area contributed by atoms with E-state index in [1.54, 1.807) is 43.3 Å². The highest BCUT2D eigenvalue weighted by atomic mass is 16.6. The SMILES string of the molecule is COc1cc(OC)c(C(=O)Oc2ccc(C(=O)Oc3ccc(-c4ccc(OC(=O)c5ccc(OC(=O)c6cc(CO)c(CO)cc6CO)cc5)c(C)c4)cc3)cn2)cc1OC. The lowest BCUT2D eigenvalue weighted by Gasteiger charge is -2.13. The van der Waals surface area contributed by atoms with Gasteiger partial charge in [0.1, 0.15) is 28.6 Å². The monoisotopic (exact) mass is 829 g/mol. The molecular weight excluding hydrogens is 790 g/mol. The molecular formula is C46H39NO14. The molecule has 3 N–H and O–H groups in total. The lowest BCUT2D eigenvalue weighted by molar-refractivity contribution is 0.0713. The molecule has 0 fully saturated rings. The van der Waals surface area contributed by atoms with Gasteiger partial charge in [-0.05, 0) is 107 Å². The third-order valence-electron chi connectivity index (χ3n) is 9.33. The lowest BCUT2D eigenvalue weighted by atomic mass is 9.99. The molecule has 1 heterocycles. The van der Waals surface area contributed by atoms with Gasteiger partial charge >= 0.3 is 23.9 Å². The van der Waals surface area contributed by atoms with Crippen LogP contribution >= 0.6 is 0 Å². The summed E-state index contributed by atoms with van der Waals surface area (Å²) in [5, 5.41) is 28.9. The number of nitrogens with zero attached hydrogens (tertiary/aromatic N) is 1. The van der Waals surface area contributed by atoms with Crippen molar-refractivity contribution in [2.75, 3.05) is 21.3 Å². The number of benzene rings is 5. The number of aromatic nitrogens is 1. The molecule has 6 rings (SSSR count). The number of carbonyl (C=O) groups excluding carboxylic acids is 4. The summed E-state index contributed by atoms with van der Waals surface area (Å²) in [6.07, 6.45) is 1.22. The topological polar surface area (TPSA) is 206 Å². The Morgan fingerprint density at radius 2 is 1.02 bits per heavy atom. The second-order valence-electron chi connectivity index (χ2n) is 13.1. The molecule has 312 valence electrons. The third kappa shape index (κ3) is 10.00. The van der Waals surface area contributed by atoms with Crippen LogP contribution in [-0.4, -0.2) is 65.5 Å². The first-order valence-corrected chi connectivity index (χ1v) is 18.4. The van der Waals surface area contributed by atoms with Crippen LogP contribution in [0.25, 0.3) is 11.1 Å². The molecule has 0 saturated carbocycles. The number of aryl methyl sites for hydroxylation is 1. The molecule has 0 saturated heterocycles. The molecule has 0 unspecified atom stereocenters. The molecule has 5 aromatic carbocycles. The van der Waals surface area contributed by atoms with Gasteiger partial charge in [0.05, 0.1) is 57.8 Å².